The van der Waals surface area contributed by atoms with Gasteiger partial charge in [0, 0.05) is 26.6 Å². The van der Waals surface area contributed by atoms with E-state index in [0.717, 1.165) is 42.1 Å². The minimum absolute atomic E-state index is 0.0806. The van der Waals surface area contributed by atoms with Gasteiger partial charge in [-0.3, -0.25) is 14.5 Å². The van der Waals surface area contributed by atoms with Crippen molar-refractivity contribution in [3.63, 3.8) is 0 Å². The van der Waals surface area contributed by atoms with Crippen LogP contribution in [-0.4, -0.2) is 112 Å². The van der Waals surface area contributed by atoms with Crippen LogP contribution < -0.4 is 5.32 Å². The summed E-state index contributed by atoms with van der Waals surface area (Å²) in [7, 11) is -0.152. The summed E-state index contributed by atoms with van der Waals surface area (Å²) in [4.78, 5) is 49.6. The van der Waals surface area contributed by atoms with Gasteiger partial charge in [0.05, 0.1) is 29.5 Å². The first-order valence-corrected chi connectivity index (χ1v) is 21.9. The first-order chi connectivity index (χ1) is 24.5. The Morgan fingerprint density at radius 1 is 0.981 bits per heavy atom. The number of halogens is 1. The van der Waals surface area contributed by atoms with E-state index in [9.17, 15) is 14.4 Å². The van der Waals surface area contributed by atoms with Crippen molar-refractivity contribution in [3.8, 4) is 0 Å². The van der Waals surface area contributed by atoms with Crippen molar-refractivity contribution in [2.75, 3.05) is 32.1 Å². The number of amides is 2. The predicted octanol–water partition coefficient (Wildman–Crippen LogP) is 7.08. The number of hydrogen-bond donors (Lipinski definition) is 1. The molecular weight excluding hydrogens is 684 g/mol. The number of nitrogens with one attached hydrogen (secondary N) is 1. The van der Waals surface area contributed by atoms with E-state index in [2.05, 4.69) is 54.9 Å². The third kappa shape index (κ3) is 7.81. The topological polar surface area (TPSA) is 128 Å². The summed E-state index contributed by atoms with van der Waals surface area (Å²) in [6.07, 6.45) is 4.98. The number of fused-ring (bicyclic) bond motifs is 1. The van der Waals surface area contributed by atoms with Crippen molar-refractivity contribution < 1.29 is 32.7 Å². The number of pyridine rings is 1. The number of alkyl halides is 1. The lowest BCUT2D eigenvalue weighted by Crippen LogP contribution is -2.68. The maximum atomic E-state index is 15.2. The van der Waals surface area contributed by atoms with Gasteiger partial charge in [-0.05, 0) is 90.6 Å². The van der Waals surface area contributed by atoms with Crippen LogP contribution in [-0.2, 0) is 23.5 Å². The van der Waals surface area contributed by atoms with E-state index in [4.69, 9.17) is 13.9 Å². The molecule has 4 heterocycles. The van der Waals surface area contributed by atoms with Gasteiger partial charge in [0.2, 0.25) is 11.8 Å². The number of methoxy groups -OCH3 is 1. The van der Waals surface area contributed by atoms with Crippen LogP contribution in [0.3, 0.4) is 0 Å². The van der Waals surface area contributed by atoms with Gasteiger partial charge in [-0.25, -0.2) is 14.2 Å². The second-order valence-electron chi connectivity index (χ2n) is 16.6. The number of piperidine rings is 1. The molecule has 2 aliphatic heterocycles. The normalized spacial score (nSPS) is 22.8. The average Bonchev–Trinajstić information content (AvgIpc) is 3.73. The standard InChI is InChI=1S/C38H61FN6O6Si/c1-10-52(11-2,12-3)51-36(7,8)38(49-9)20-22-43(23-21-38)37(18-14-13-15-19-37)33(47)44-26-27(39)24-30(44)32(46)42-31-17-16-29-28(41-31)25-40-45(29)34(48)50-35(4,5)6/h16-17,25,27,30H,10-15,18-24,26H2,1-9H3,(H,41,42,46)/t27-,30-/m1/s1. The van der Waals surface area contributed by atoms with Crippen LogP contribution in [0, 0.1) is 0 Å². The number of rotatable bonds is 11. The van der Waals surface area contributed by atoms with E-state index in [1.54, 1.807) is 40.0 Å². The SMILES string of the molecule is CC[Si](CC)(CC)OC(C)(C)C1(OC)CCN(C2(C(=O)N3C[C@H](F)C[C@@H]3C(=O)Nc3ccc4c(cnn4C(=O)OC(C)(C)C)n3)CCCCC2)CC1. The fourth-order valence-corrected chi connectivity index (χ4v) is 12.1. The Hall–Kier alpha value is -2.94. The molecule has 5 rings (SSSR count). The van der Waals surface area contributed by atoms with Gasteiger partial charge in [0.15, 0.2) is 8.32 Å². The Kier molecular flexibility index (Phi) is 11.9. The van der Waals surface area contributed by atoms with E-state index in [1.807, 2.05) is 0 Å². The molecule has 1 aliphatic carbocycles. The maximum Gasteiger partial charge on any atom is 0.435 e. The molecule has 2 aromatic heterocycles. The van der Waals surface area contributed by atoms with Crippen LogP contribution in [0.5, 0.6) is 0 Å². The van der Waals surface area contributed by atoms with Crippen LogP contribution >= 0.6 is 0 Å². The number of ether oxygens (including phenoxy) is 2. The van der Waals surface area contributed by atoms with E-state index < -0.39 is 54.9 Å². The van der Waals surface area contributed by atoms with Gasteiger partial charge in [-0.15, -0.1) is 0 Å². The third-order valence-corrected chi connectivity index (χ3v) is 17.0. The molecule has 0 bridgehead atoms. The first kappa shape index (κ1) is 40.2. The molecule has 12 nitrogen and oxygen atoms in total. The molecule has 1 saturated carbocycles. The molecule has 0 aromatic carbocycles. The zero-order valence-corrected chi connectivity index (χ0v) is 33.8. The highest BCUT2D eigenvalue weighted by molar-refractivity contribution is 6.73. The molecular formula is C38H61FN6O6Si. The van der Waals surface area contributed by atoms with Gasteiger partial charge >= 0.3 is 6.09 Å². The van der Waals surface area contributed by atoms with Crippen LogP contribution in [0.25, 0.3) is 11.0 Å². The summed E-state index contributed by atoms with van der Waals surface area (Å²) in [6, 6.07) is 5.37. The smallest absolute Gasteiger partial charge is 0.435 e. The summed E-state index contributed by atoms with van der Waals surface area (Å²) in [5.74, 6) is -0.428. The van der Waals surface area contributed by atoms with Crippen LogP contribution in [0.15, 0.2) is 18.3 Å². The summed E-state index contributed by atoms with van der Waals surface area (Å²) in [5, 5.41) is 6.94. The highest BCUT2D eigenvalue weighted by Crippen LogP contribution is 2.46. The molecule has 14 heteroatoms. The van der Waals surface area contributed by atoms with Crippen LogP contribution in [0.1, 0.15) is 107 Å². The van der Waals surface area contributed by atoms with E-state index in [-0.39, 0.29) is 24.7 Å². The number of nitrogens with zero attached hydrogens (tertiary/aromatic N) is 5. The van der Waals surface area contributed by atoms with Gasteiger partial charge in [-0.2, -0.15) is 9.78 Å². The van der Waals surface area contributed by atoms with Gasteiger partial charge in [0.25, 0.3) is 0 Å². The monoisotopic (exact) mass is 744 g/mol. The summed E-state index contributed by atoms with van der Waals surface area (Å²) in [6.45, 7) is 17.5. The number of hydrogen-bond acceptors (Lipinski definition) is 9. The number of aromatic nitrogens is 3. The maximum absolute atomic E-state index is 15.2. The zero-order chi connectivity index (χ0) is 38.1. The van der Waals surface area contributed by atoms with E-state index >= 15 is 4.39 Å². The molecule has 1 N–H and O–H groups in total. The van der Waals surface area contributed by atoms with Crippen molar-refractivity contribution in [1.82, 2.24) is 24.6 Å². The lowest BCUT2D eigenvalue weighted by atomic mass is 9.73. The van der Waals surface area contributed by atoms with Gasteiger partial charge in [-0.1, -0.05) is 40.0 Å². The third-order valence-electron chi connectivity index (χ3n) is 12.2. The van der Waals surface area contributed by atoms with E-state index in [1.165, 1.54) is 11.1 Å². The molecule has 0 radical (unpaired) electrons. The zero-order valence-electron chi connectivity index (χ0n) is 32.8. The molecule has 290 valence electrons. The highest BCUT2D eigenvalue weighted by Gasteiger charge is 2.56. The fraction of sp³-hybridized carbons (Fsp3) is 0.763. The molecule has 0 spiro atoms. The molecule has 2 amide bonds. The van der Waals surface area contributed by atoms with Gasteiger partial charge in [0.1, 0.15) is 34.7 Å². The lowest BCUT2D eigenvalue weighted by Gasteiger charge is -2.56. The van der Waals surface area contributed by atoms with E-state index in [0.29, 0.717) is 49.8 Å². The van der Waals surface area contributed by atoms with Crippen molar-refractivity contribution >= 4 is 43.1 Å². The molecule has 2 aromatic rings. The minimum Gasteiger partial charge on any atom is -0.442 e. The molecule has 2 atom stereocenters. The van der Waals surface area contributed by atoms with Gasteiger partial charge < -0.3 is 24.1 Å². The minimum atomic E-state index is -1.93. The Morgan fingerprint density at radius 3 is 2.19 bits per heavy atom. The number of carbonyl (C=O) groups excluding carboxylic acids is 3. The second-order valence-corrected chi connectivity index (χ2v) is 21.3. The highest BCUT2D eigenvalue weighted by atomic mass is 28.4. The Labute approximate surface area is 309 Å². The predicted molar refractivity (Wildman–Crippen MR) is 202 cm³/mol. The lowest BCUT2D eigenvalue weighted by molar-refractivity contribution is -0.182. The first-order valence-electron chi connectivity index (χ1n) is 19.3. The van der Waals surface area contributed by atoms with Crippen molar-refractivity contribution in [2.45, 2.75) is 159 Å². The number of anilines is 1. The van der Waals surface area contributed by atoms with Crippen LogP contribution in [0.2, 0.25) is 18.1 Å². The Bertz CT molecular complexity index is 1580. The quantitative estimate of drug-likeness (QED) is 0.240. The molecule has 3 fully saturated rings. The Balaban J connectivity index is 1.33. The molecule has 0 unspecified atom stereocenters. The molecule has 52 heavy (non-hydrogen) atoms. The molecule has 3 aliphatic rings. The molecule has 2 saturated heterocycles. The van der Waals surface area contributed by atoms with Crippen molar-refractivity contribution in [3.05, 3.63) is 18.3 Å². The summed E-state index contributed by atoms with van der Waals surface area (Å²) >= 11 is 0. The Morgan fingerprint density at radius 2 is 1.62 bits per heavy atom. The number of likely N-dealkylation sites (tertiary alicyclic amines) is 2. The fourth-order valence-electron chi connectivity index (χ4n) is 8.92. The summed E-state index contributed by atoms with van der Waals surface area (Å²) in [5.41, 5.74) is -1.72. The number of carbonyl (C=O) groups is 3. The summed E-state index contributed by atoms with van der Waals surface area (Å²) < 4.78 is 35.3. The van der Waals surface area contributed by atoms with Crippen LogP contribution in [0.4, 0.5) is 15.0 Å². The van der Waals surface area contributed by atoms with Crippen molar-refractivity contribution in [1.29, 1.82) is 0 Å². The average molecular weight is 745 g/mol. The largest absolute Gasteiger partial charge is 0.442 e. The van der Waals surface area contributed by atoms with Crippen molar-refractivity contribution in [2.24, 2.45) is 0 Å². The second kappa shape index (κ2) is 15.4.